The number of thiophene rings is 1. The number of anilines is 1. The Labute approximate surface area is 196 Å². The molecule has 0 fully saturated rings. The van der Waals surface area contributed by atoms with Crippen molar-refractivity contribution >= 4 is 50.5 Å². The number of amides is 2. The molecule has 0 saturated carbocycles. The molecule has 0 radical (unpaired) electrons. The van der Waals surface area contributed by atoms with Gasteiger partial charge in [-0.15, -0.1) is 11.3 Å². The van der Waals surface area contributed by atoms with E-state index < -0.39 is 22.5 Å². The largest absolute Gasteiger partial charge is 0.345 e. The summed E-state index contributed by atoms with van der Waals surface area (Å²) in [6.45, 7) is 1.44. The van der Waals surface area contributed by atoms with E-state index in [4.69, 9.17) is 11.6 Å². The summed E-state index contributed by atoms with van der Waals surface area (Å²) in [5.41, 5.74) is 1.52. The minimum Gasteiger partial charge on any atom is -0.345 e. The molecule has 2 amide bonds. The van der Waals surface area contributed by atoms with Crippen molar-refractivity contribution in [3.05, 3.63) is 82.2 Å². The fourth-order valence-corrected chi connectivity index (χ4v) is 5.78. The molecule has 3 aromatic rings. The average Bonchev–Trinajstić information content (AvgIpc) is 3.21. The van der Waals surface area contributed by atoms with E-state index in [0.717, 1.165) is 21.2 Å². The van der Waals surface area contributed by atoms with Gasteiger partial charge in [0.05, 0.1) is 28.2 Å². The van der Waals surface area contributed by atoms with Crippen molar-refractivity contribution in [3.63, 3.8) is 0 Å². The number of likely N-dealkylation sites (N-methyl/N-ethyl adjacent to an activating group) is 1. The lowest BCUT2D eigenvalue weighted by molar-refractivity contribution is -0.116. The Kier molecular flexibility index (Phi) is 7.68. The standard InChI is InChI=1S/C22H22ClN3O4S2/c1-15(16-8-4-3-5-9-16)24-22(28)17-10-6-7-11-18(17)25-20(27)14-26(2)32(29,30)21-13-12-19(23)31-21/h3-13,15H,14H2,1-2H3,(H,24,28)(H,25,27). The summed E-state index contributed by atoms with van der Waals surface area (Å²) in [5, 5.41) is 5.54. The van der Waals surface area contributed by atoms with Gasteiger partial charge in [-0.3, -0.25) is 9.59 Å². The first-order valence-electron chi connectivity index (χ1n) is 9.65. The molecule has 0 aliphatic heterocycles. The van der Waals surface area contributed by atoms with Gasteiger partial charge < -0.3 is 10.6 Å². The van der Waals surface area contributed by atoms with Crippen molar-refractivity contribution in [2.24, 2.45) is 0 Å². The van der Waals surface area contributed by atoms with Gasteiger partial charge in [0.15, 0.2) is 0 Å². The second kappa shape index (κ2) is 10.3. The van der Waals surface area contributed by atoms with Crippen LogP contribution >= 0.6 is 22.9 Å². The number of halogens is 1. The fourth-order valence-electron chi connectivity index (χ4n) is 2.96. The van der Waals surface area contributed by atoms with Crippen LogP contribution in [0.5, 0.6) is 0 Å². The van der Waals surface area contributed by atoms with Crippen LogP contribution in [0.15, 0.2) is 70.9 Å². The van der Waals surface area contributed by atoms with Crippen LogP contribution in [-0.2, 0) is 14.8 Å². The van der Waals surface area contributed by atoms with Crippen molar-refractivity contribution in [2.75, 3.05) is 18.9 Å². The maximum absolute atomic E-state index is 12.8. The number of benzene rings is 2. The van der Waals surface area contributed by atoms with Gasteiger partial charge in [-0.2, -0.15) is 4.31 Å². The van der Waals surface area contributed by atoms with Gasteiger partial charge in [-0.1, -0.05) is 54.1 Å². The fraction of sp³-hybridized carbons (Fsp3) is 0.182. The number of hydrogen-bond donors (Lipinski definition) is 2. The van der Waals surface area contributed by atoms with Crippen molar-refractivity contribution in [2.45, 2.75) is 17.2 Å². The summed E-state index contributed by atoms with van der Waals surface area (Å²) in [5.74, 6) is -0.929. The Morgan fingerprint density at radius 2 is 1.69 bits per heavy atom. The van der Waals surface area contributed by atoms with E-state index in [1.165, 1.54) is 19.2 Å². The maximum Gasteiger partial charge on any atom is 0.253 e. The topological polar surface area (TPSA) is 95.6 Å². The average molecular weight is 492 g/mol. The zero-order chi connectivity index (χ0) is 23.3. The molecule has 0 aliphatic carbocycles. The van der Waals surface area contributed by atoms with E-state index in [9.17, 15) is 18.0 Å². The number of rotatable bonds is 8. The summed E-state index contributed by atoms with van der Waals surface area (Å²) in [6, 6.07) is 18.7. The predicted octanol–water partition coefficient (Wildman–Crippen LogP) is 4.15. The van der Waals surface area contributed by atoms with E-state index in [1.807, 2.05) is 37.3 Å². The number of hydrogen-bond acceptors (Lipinski definition) is 5. The Morgan fingerprint density at radius 3 is 2.34 bits per heavy atom. The molecule has 7 nitrogen and oxygen atoms in total. The molecule has 1 aromatic heterocycles. The molecule has 0 saturated heterocycles. The molecular weight excluding hydrogens is 470 g/mol. The van der Waals surface area contributed by atoms with Crippen LogP contribution in [0, 0.1) is 0 Å². The van der Waals surface area contributed by atoms with Gasteiger partial charge in [0, 0.05) is 7.05 Å². The third-order valence-electron chi connectivity index (χ3n) is 4.67. The van der Waals surface area contributed by atoms with Gasteiger partial charge in [0.2, 0.25) is 5.91 Å². The number of nitrogens with zero attached hydrogens (tertiary/aromatic N) is 1. The number of carbonyl (C=O) groups is 2. The third-order valence-corrected chi connectivity index (χ3v) is 8.17. The molecule has 168 valence electrons. The van der Waals surface area contributed by atoms with E-state index in [1.54, 1.807) is 24.3 Å². The summed E-state index contributed by atoms with van der Waals surface area (Å²) in [4.78, 5) is 25.4. The first kappa shape index (κ1) is 23.9. The minimum absolute atomic E-state index is 0.0486. The second-order valence-corrected chi connectivity index (χ2v) is 11.0. The van der Waals surface area contributed by atoms with E-state index >= 15 is 0 Å². The van der Waals surface area contributed by atoms with Gasteiger partial charge in [0.25, 0.3) is 15.9 Å². The number of sulfonamides is 1. The molecule has 2 aromatic carbocycles. The Bertz CT molecular complexity index is 1210. The lowest BCUT2D eigenvalue weighted by Gasteiger charge is -2.18. The lowest BCUT2D eigenvalue weighted by atomic mass is 10.1. The lowest BCUT2D eigenvalue weighted by Crippen LogP contribution is -2.35. The molecular formula is C22H22ClN3O4S2. The smallest absolute Gasteiger partial charge is 0.253 e. The minimum atomic E-state index is -3.85. The van der Waals surface area contributed by atoms with Crippen LogP contribution in [0.4, 0.5) is 5.69 Å². The molecule has 0 aliphatic rings. The van der Waals surface area contributed by atoms with Crippen LogP contribution in [0.1, 0.15) is 28.9 Å². The van der Waals surface area contributed by atoms with E-state index in [-0.39, 0.29) is 21.7 Å². The zero-order valence-corrected chi connectivity index (χ0v) is 19.8. The molecule has 32 heavy (non-hydrogen) atoms. The highest BCUT2D eigenvalue weighted by molar-refractivity contribution is 7.91. The first-order chi connectivity index (χ1) is 15.2. The molecule has 0 spiro atoms. The molecule has 10 heteroatoms. The SMILES string of the molecule is CC(NC(=O)c1ccccc1NC(=O)CN(C)S(=O)(=O)c1ccc(Cl)s1)c1ccccc1. The normalized spacial score (nSPS) is 12.4. The van der Waals surface area contributed by atoms with Crippen molar-refractivity contribution in [1.29, 1.82) is 0 Å². The summed E-state index contributed by atoms with van der Waals surface area (Å²) in [6.07, 6.45) is 0. The van der Waals surface area contributed by atoms with Crippen LogP contribution in [0.2, 0.25) is 4.34 Å². The molecule has 3 rings (SSSR count). The summed E-state index contributed by atoms with van der Waals surface area (Å²) < 4.78 is 26.5. The second-order valence-electron chi connectivity index (χ2n) is 7.02. The van der Waals surface area contributed by atoms with Crippen LogP contribution in [-0.4, -0.2) is 38.1 Å². The molecule has 1 heterocycles. The monoisotopic (exact) mass is 491 g/mol. The number of para-hydroxylation sites is 1. The van der Waals surface area contributed by atoms with Gasteiger partial charge in [-0.25, -0.2) is 8.42 Å². The van der Waals surface area contributed by atoms with E-state index in [2.05, 4.69) is 10.6 Å². The first-order valence-corrected chi connectivity index (χ1v) is 12.3. The Hall–Kier alpha value is -2.72. The highest BCUT2D eigenvalue weighted by Gasteiger charge is 2.25. The molecule has 1 unspecified atom stereocenters. The highest BCUT2D eigenvalue weighted by atomic mass is 35.5. The van der Waals surface area contributed by atoms with Gasteiger partial charge in [0.1, 0.15) is 4.21 Å². The van der Waals surface area contributed by atoms with Gasteiger partial charge >= 0.3 is 0 Å². The highest BCUT2D eigenvalue weighted by Crippen LogP contribution is 2.27. The third kappa shape index (κ3) is 5.74. The number of nitrogens with one attached hydrogen (secondary N) is 2. The van der Waals surface area contributed by atoms with Gasteiger partial charge in [-0.05, 0) is 36.8 Å². The van der Waals surface area contributed by atoms with E-state index in [0.29, 0.717) is 10.0 Å². The summed E-state index contributed by atoms with van der Waals surface area (Å²) in [7, 11) is -2.54. The molecule has 0 bridgehead atoms. The Balaban J connectivity index is 1.69. The maximum atomic E-state index is 12.8. The molecule has 1 atom stereocenters. The Morgan fingerprint density at radius 1 is 1.03 bits per heavy atom. The summed E-state index contributed by atoms with van der Waals surface area (Å²) >= 11 is 6.74. The van der Waals surface area contributed by atoms with Crippen molar-refractivity contribution < 1.29 is 18.0 Å². The van der Waals surface area contributed by atoms with Crippen molar-refractivity contribution in [1.82, 2.24) is 9.62 Å². The number of carbonyl (C=O) groups excluding carboxylic acids is 2. The molecule has 2 N–H and O–H groups in total. The van der Waals surface area contributed by atoms with Crippen LogP contribution in [0.25, 0.3) is 0 Å². The predicted molar refractivity (Wildman–Crippen MR) is 127 cm³/mol. The quantitative estimate of drug-likeness (QED) is 0.494. The zero-order valence-electron chi connectivity index (χ0n) is 17.4. The van der Waals surface area contributed by atoms with Crippen LogP contribution < -0.4 is 10.6 Å². The van der Waals surface area contributed by atoms with Crippen molar-refractivity contribution in [3.8, 4) is 0 Å². The van der Waals surface area contributed by atoms with Crippen LogP contribution in [0.3, 0.4) is 0 Å².